The Morgan fingerprint density at radius 2 is 2.06 bits per heavy atom. The highest BCUT2D eigenvalue weighted by Gasteiger charge is 2.41. The van der Waals surface area contributed by atoms with Gasteiger partial charge in [0.2, 0.25) is 0 Å². The van der Waals surface area contributed by atoms with Crippen LogP contribution in [0.5, 0.6) is 0 Å². The van der Waals surface area contributed by atoms with Crippen molar-refractivity contribution in [2.75, 3.05) is 10.7 Å². The Morgan fingerprint density at radius 1 is 1.28 bits per heavy atom. The topological polar surface area (TPSA) is 72.2 Å². The first-order valence-electron chi connectivity index (χ1n) is 5.92. The lowest BCUT2D eigenvalue weighted by Crippen LogP contribution is -2.31. The highest BCUT2D eigenvalue weighted by atomic mass is 35.5. The molecule has 0 amide bonds. The molecule has 0 aliphatic carbocycles. The summed E-state index contributed by atoms with van der Waals surface area (Å²) in [6, 6.07) is 1.89. The molecule has 98 valence electrons. The number of hydrazine groups is 1. The van der Waals surface area contributed by atoms with Crippen molar-refractivity contribution < 1.29 is 4.74 Å². The summed E-state index contributed by atoms with van der Waals surface area (Å²) in [5.41, 5.74) is 2.45. The Kier molecular flexibility index (Phi) is 3.23. The molecule has 2 bridgehead atoms. The number of pyridine rings is 1. The standard InChI is InChI=1S/C11H14Cl2N4O/c12-6-4-7(13)11(17-14)16-10(6)15-8-3-5-1-2-9(8)18-5/h4-5,8-9H,1-3,14H2,(H2,15,16,17). The lowest BCUT2D eigenvalue weighted by Gasteiger charge is -2.21. The summed E-state index contributed by atoms with van der Waals surface area (Å²) >= 11 is 12.1. The van der Waals surface area contributed by atoms with Crippen molar-refractivity contribution in [3.05, 3.63) is 16.1 Å². The van der Waals surface area contributed by atoms with Gasteiger partial charge in [-0.2, -0.15) is 0 Å². The van der Waals surface area contributed by atoms with Gasteiger partial charge in [0.1, 0.15) is 5.82 Å². The third-order valence-corrected chi connectivity index (χ3v) is 4.07. The minimum Gasteiger partial charge on any atom is -0.373 e. The molecule has 3 atom stereocenters. The second-order valence-corrected chi connectivity index (χ2v) is 5.47. The Morgan fingerprint density at radius 3 is 2.67 bits per heavy atom. The summed E-state index contributed by atoms with van der Waals surface area (Å²) in [4.78, 5) is 4.27. The lowest BCUT2D eigenvalue weighted by molar-refractivity contribution is 0.102. The van der Waals surface area contributed by atoms with Crippen LogP contribution in [0.4, 0.5) is 11.6 Å². The number of anilines is 2. The molecule has 0 spiro atoms. The maximum Gasteiger partial charge on any atom is 0.161 e. The van der Waals surface area contributed by atoms with Gasteiger partial charge in [0.15, 0.2) is 5.82 Å². The van der Waals surface area contributed by atoms with Crippen LogP contribution < -0.4 is 16.6 Å². The number of halogens is 2. The van der Waals surface area contributed by atoms with Crippen LogP contribution in [0.15, 0.2) is 6.07 Å². The normalized spacial score (nSPS) is 29.6. The maximum absolute atomic E-state index is 6.12. The van der Waals surface area contributed by atoms with Gasteiger partial charge in [0.05, 0.1) is 28.3 Å². The van der Waals surface area contributed by atoms with Gasteiger partial charge >= 0.3 is 0 Å². The summed E-state index contributed by atoms with van der Waals surface area (Å²) in [5, 5.41) is 4.21. The highest BCUT2D eigenvalue weighted by Crippen LogP contribution is 2.37. The summed E-state index contributed by atoms with van der Waals surface area (Å²) in [6.45, 7) is 0. The van der Waals surface area contributed by atoms with E-state index >= 15 is 0 Å². The summed E-state index contributed by atoms with van der Waals surface area (Å²) in [6.07, 6.45) is 3.88. The molecule has 1 aromatic rings. The highest BCUT2D eigenvalue weighted by molar-refractivity contribution is 6.37. The third kappa shape index (κ3) is 2.12. The van der Waals surface area contributed by atoms with Crippen molar-refractivity contribution in [3.8, 4) is 0 Å². The molecule has 0 aromatic carbocycles. The van der Waals surface area contributed by atoms with Crippen molar-refractivity contribution in [2.24, 2.45) is 5.84 Å². The first-order valence-corrected chi connectivity index (χ1v) is 6.67. The van der Waals surface area contributed by atoms with E-state index in [1.54, 1.807) is 6.07 Å². The zero-order valence-electron chi connectivity index (χ0n) is 9.62. The molecule has 5 nitrogen and oxygen atoms in total. The molecule has 3 unspecified atom stereocenters. The maximum atomic E-state index is 6.12. The van der Waals surface area contributed by atoms with Gasteiger partial charge in [0.25, 0.3) is 0 Å². The number of ether oxygens (including phenoxy) is 1. The summed E-state index contributed by atoms with van der Waals surface area (Å²) < 4.78 is 5.78. The van der Waals surface area contributed by atoms with E-state index in [0.717, 1.165) is 19.3 Å². The summed E-state index contributed by atoms with van der Waals surface area (Å²) in [7, 11) is 0. The van der Waals surface area contributed by atoms with Gasteiger partial charge < -0.3 is 15.5 Å². The number of nitrogen functional groups attached to an aromatic ring is 1. The minimum atomic E-state index is 0.262. The number of rotatable bonds is 3. The van der Waals surface area contributed by atoms with Crippen molar-refractivity contribution >= 4 is 34.8 Å². The third-order valence-electron chi connectivity index (χ3n) is 3.49. The summed E-state index contributed by atoms with van der Waals surface area (Å²) in [5.74, 6) is 6.35. The van der Waals surface area contributed by atoms with Crippen molar-refractivity contribution in [2.45, 2.75) is 37.5 Å². The van der Waals surface area contributed by atoms with Crippen LogP contribution in [0.3, 0.4) is 0 Å². The number of nitrogens with one attached hydrogen (secondary N) is 2. The smallest absolute Gasteiger partial charge is 0.161 e. The number of aromatic nitrogens is 1. The SMILES string of the molecule is NNc1nc(NC2CC3CCC2O3)c(Cl)cc1Cl. The fourth-order valence-electron chi connectivity index (χ4n) is 2.63. The molecule has 2 aliphatic heterocycles. The molecular weight excluding hydrogens is 275 g/mol. The average Bonchev–Trinajstić information content (AvgIpc) is 2.94. The minimum absolute atomic E-state index is 0.262. The average molecular weight is 289 g/mol. The van der Waals surface area contributed by atoms with Crippen molar-refractivity contribution in [1.29, 1.82) is 0 Å². The molecule has 0 saturated carbocycles. The zero-order chi connectivity index (χ0) is 12.7. The number of nitrogens with zero attached hydrogens (tertiary/aromatic N) is 1. The number of hydrogen-bond acceptors (Lipinski definition) is 5. The molecule has 4 N–H and O–H groups in total. The zero-order valence-corrected chi connectivity index (χ0v) is 11.1. The Balaban J connectivity index is 1.80. The largest absolute Gasteiger partial charge is 0.373 e. The van der Waals surface area contributed by atoms with Crippen LogP contribution >= 0.6 is 23.2 Å². The number of hydrogen-bond donors (Lipinski definition) is 3. The second-order valence-electron chi connectivity index (χ2n) is 4.65. The Labute approximate surface area is 115 Å². The van der Waals surface area contributed by atoms with Gasteiger partial charge in [-0.3, -0.25) is 0 Å². The quantitative estimate of drug-likeness (QED) is 0.588. The van der Waals surface area contributed by atoms with Gasteiger partial charge in [-0.1, -0.05) is 23.2 Å². The predicted octanol–water partition coefficient (Wildman–Crippen LogP) is 2.41. The molecule has 0 radical (unpaired) electrons. The van der Waals surface area contributed by atoms with Gasteiger partial charge in [-0.15, -0.1) is 0 Å². The molecule has 2 saturated heterocycles. The van der Waals surface area contributed by atoms with Crippen LogP contribution in [0, 0.1) is 0 Å². The fraction of sp³-hybridized carbons (Fsp3) is 0.545. The first-order chi connectivity index (χ1) is 8.67. The molecular formula is C11H14Cl2N4O. The van der Waals surface area contributed by atoms with Crippen LogP contribution in [0.1, 0.15) is 19.3 Å². The molecule has 18 heavy (non-hydrogen) atoms. The molecule has 7 heteroatoms. The number of fused-ring (bicyclic) bond motifs is 2. The van der Waals surface area contributed by atoms with E-state index in [-0.39, 0.29) is 12.1 Å². The molecule has 1 aromatic heterocycles. The van der Waals surface area contributed by atoms with Crippen LogP contribution in [0.25, 0.3) is 0 Å². The Hall–Kier alpha value is -0.750. The van der Waals surface area contributed by atoms with E-state index in [0.29, 0.717) is 27.8 Å². The van der Waals surface area contributed by atoms with Crippen LogP contribution in [0.2, 0.25) is 10.0 Å². The van der Waals surface area contributed by atoms with E-state index in [4.69, 9.17) is 33.8 Å². The van der Waals surface area contributed by atoms with Gasteiger partial charge in [-0.05, 0) is 25.3 Å². The first kappa shape index (κ1) is 12.3. The predicted molar refractivity (Wildman–Crippen MR) is 72.0 cm³/mol. The molecule has 2 fully saturated rings. The van der Waals surface area contributed by atoms with Crippen LogP contribution in [-0.4, -0.2) is 23.2 Å². The van der Waals surface area contributed by atoms with E-state index < -0.39 is 0 Å². The van der Waals surface area contributed by atoms with Crippen molar-refractivity contribution in [3.63, 3.8) is 0 Å². The van der Waals surface area contributed by atoms with Crippen molar-refractivity contribution in [1.82, 2.24) is 4.98 Å². The lowest BCUT2D eigenvalue weighted by atomic mass is 9.95. The van der Waals surface area contributed by atoms with E-state index in [2.05, 4.69) is 15.7 Å². The number of nitrogens with two attached hydrogens (primary N) is 1. The van der Waals surface area contributed by atoms with E-state index in [9.17, 15) is 0 Å². The van der Waals surface area contributed by atoms with E-state index in [1.807, 2.05) is 0 Å². The van der Waals surface area contributed by atoms with Crippen LogP contribution in [-0.2, 0) is 4.74 Å². The van der Waals surface area contributed by atoms with E-state index in [1.165, 1.54) is 0 Å². The fourth-order valence-corrected chi connectivity index (χ4v) is 3.10. The second kappa shape index (κ2) is 4.74. The molecule has 2 aliphatic rings. The van der Waals surface area contributed by atoms with Gasteiger partial charge in [0, 0.05) is 0 Å². The van der Waals surface area contributed by atoms with Gasteiger partial charge in [-0.25, -0.2) is 10.8 Å². The monoisotopic (exact) mass is 288 g/mol. The molecule has 3 rings (SSSR count). The Bertz CT molecular complexity index is 471. The molecule has 3 heterocycles.